The molecule has 5 heteroatoms. The van der Waals surface area contributed by atoms with E-state index in [1.54, 1.807) is 6.07 Å². The standard InChI is InChI=1S/C16H23F3N2/c1-3-14-7-10-21(9-4-8-20-14)15-11-13(16(17,18)19)6-5-12(15)2/h5-6,11,14,20H,3-4,7-10H2,1-2H3. The molecule has 1 N–H and O–H groups in total. The van der Waals surface area contributed by atoms with Crippen LogP contribution in [0.2, 0.25) is 0 Å². The van der Waals surface area contributed by atoms with E-state index in [0.29, 0.717) is 6.04 Å². The van der Waals surface area contributed by atoms with Gasteiger partial charge in [0.1, 0.15) is 0 Å². The van der Waals surface area contributed by atoms with Crippen LogP contribution in [0.15, 0.2) is 18.2 Å². The third-order valence-electron chi connectivity index (χ3n) is 4.16. The van der Waals surface area contributed by atoms with E-state index in [1.165, 1.54) is 12.1 Å². The highest BCUT2D eigenvalue weighted by atomic mass is 19.4. The highest BCUT2D eigenvalue weighted by Gasteiger charge is 2.31. The molecule has 1 heterocycles. The summed E-state index contributed by atoms with van der Waals surface area (Å²) in [7, 11) is 0. The van der Waals surface area contributed by atoms with Crippen molar-refractivity contribution in [2.75, 3.05) is 24.5 Å². The number of alkyl halides is 3. The third kappa shape index (κ3) is 4.13. The average molecular weight is 300 g/mol. The Bertz CT molecular complexity index is 471. The zero-order valence-corrected chi connectivity index (χ0v) is 12.6. The van der Waals surface area contributed by atoms with Gasteiger partial charge in [-0.2, -0.15) is 13.2 Å². The van der Waals surface area contributed by atoms with E-state index in [9.17, 15) is 13.2 Å². The summed E-state index contributed by atoms with van der Waals surface area (Å²) < 4.78 is 38.7. The number of nitrogens with one attached hydrogen (secondary N) is 1. The molecule has 1 atom stereocenters. The van der Waals surface area contributed by atoms with Crippen molar-refractivity contribution in [3.63, 3.8) is 0 Å². The van der Waals surface area contributed by atoms with Crippen molar-refractivity contribution in [2.45, 2.75) is 45.3 Å². The fourth-order valence-electron chi connectivity index (χ4n) is 2.82. The van der Waals surface area contributed by atoms with Crippen LogP contribution in [0.1, 0.15) is 37.3 Å². The summed E-state index contributed by atoms with van der Waals surface area (Å²) in [4.78, 5) is 2.11. The second-order valence-electron chi connectivity index (χ2n) is 5.69. The summed E-state index contributed by atoms with van der Waals surface area (Å²) in [5.74, 6) is 0. The Morgan fingerprint density at radius 1 is 1.29 bits per heavy atom. The minimum atomic E-state index is -4.28. The largest absolute Gasteiger partial charge is 0.416 e. The molecule has 0 spiro atoms. The lowest BCUT2D eigenvalue weighted by Gasteiger charge is -2.32. The molecule has 1 unspecified atom stereocenters. The van der Waals surface area contributed by atoms with Gasteiger partial charge in [-0.15, -0.1) is 0 Å². The summed E-state index contributed by atoms with van der Waals surface area (Å²) >= 11 is 0. The van der Waals surface area contributed by atoms with Crippen molar-refractivity contribution in [2.24, 2.45) is 0 Å². The number of hydrogen-bond donors (Lipinski definition) is 1. The van der Waals surface area contributed by atoms with Gasteiger partial charge >= 0.3 is 6.18 Å². The van der Waals surface area contributed by atoms with Crippen molar-refractivity contribution in [1.82, 2.24) is 5.32 Å². The molecule has 0 aliphatic carbocycles. The molecule has 1 aromatic carbocycles. The van der Waals surface area contributed by atoms with Crippen LogP contribution in [0.4, 0.5) is 18.9 Å². The van der Waals surface area contributed by atoms with E-state index < -0.39 is 11.7 Å². The second-order valence-corrected chi connectivity index (χ2v) is 5.69. The van der Waals surface area contributed by atoms with Crippen molar-refractivity contribution in [3.05, 3.63) is 29.3 Å². The first-order valence-electron chi connectivity index (χ1n) is 7.58. The highest BCUT2D eigenvalue weighted by Crippen LogP contribution is 2.33. The van der Waals surface area contributed by atoms with Gasteiger partial charge in [-0.3, -0.25) is 0 Å². The van der Waals surface area contributed by atoms with E-state index in [4.69, 9.17) is 0 Å². The van der Waals surface area contributed by atoms with Crippen LogP contribution in [-0.4, -0.2) is 25.7 Å². The lowest BCUT2D eigenvalue weighted by Crippen LogP contribution is -2.39. The van der Waals surface area contributed by atoms with Crippen molar-refractivity contribution >= 4 is 5.69 Å². The number of anilines is 1. The van der Waals surface area contributed by atoms with Gasteiger partial charge < -0.3 is 10.2 Å². The Kier molecular flexibility index (Phi) is 5.14. The number of aryl methyl sites for hydroxylation is 1. The van der Waals surface area contributed by atoms with Crippen LogP contribution < -0.4 is 10.2 Å². The molecule has 2 rings (SSSR count). The molecule has 21 heavy (non-hydrogen) atoms. The maximum absolute atomic E-state index is 12.9. The topological polar surface area (TPSA) is 15.3 Å². The van der Waals surface area contributed by atoms with Gasteiger partial charge in [-0.05, 0) is 50.4 Å². The first-order valence-corrected chi connectivity index (χ1v) is 7.58. The smallest absolute Gasteiger partial charge is 0.371 e. The van der Waals surface area contributed by atoms with Gasteiger partial charge in [0.15, 0.2) is 0 Å². The van der Waals surface area contributed by atoms with Gasteiger partial charge in [0.05, 0.1) is 5.56 Å². The van der Waals surface area contributed by atoms with Gasteiger partial charge in [0.25, 0.3) is 0 Å². The minimum Gasteiger partial charge on any atom is -0.371 e. The molecule has 118 valence electrons. The number of hydrogen-bond acceptors (Lipinski definition) is 2. The summed E-state index contributed by atoms with van der Waals surface area (Å²) in [6, 6.07) is 4.50. The molecule has 0 saturated carbocycles. The Morgan fingerprint density at radius 2 is 2.05 bits per heavy atom. The van der Waals surface area contributed by atoms with Crippen molar-refractivity contribution < 1.29 is 13.2 Å². The number of rotatable bonds is 2. The minimum absolute atomic E-state index is 0.457. The van der Waals surface area contributed by atoms with Crippen molar-refractivity contribution in [1.29, 1.82) is 0 Å². The van der Waals surface area contributed by atoms with Gasteiger partial charge in [-0.25, -0.2) is 0 Å². The van der Waals surface area contributed by atoms with Gasteiger partial charge in [0.2, 0.25) is 0 Å². The predicted molar refractivity (Wildman–Crippen MR) is 79.7 cm³/mol. The van der Waals surface area contributed by atoms with Crippen LogP contribution >= 0.6 is 0 Å². The van der Waals surface area contributed by atoms with Crippen LogP contribution in [-0.2, 0) is 6.18 Å². The van der Waals surface area contributed by atoms with E-state index in [-0.39, 0.29) is 0 Å². The quantitative estimate of drug-likeness (QED) is 0.888. The summed E-state index contributed by atoms with van der Waals surface area (Å²) in [5, 5.41) is 3.49. The summed E-state index contributed by atoms with van der Waals surface area (Å²) in [5.41, 5.74) is 1.07. The van der Waals surface area contributed by atoms with Gasteiger partial charge in [-0.1, -0.05) is 13.0 Å². The van der Waals surface area contributed by atoms with E-state index >= 15 is 0 Å². The molecule has 1 aliphatic rings. The van der Waals surface area contributed by atoms with E-state index in [2.05, 4.69) is 17.1 Å². The molecule has 2 nitrogen and oxygen atoms in total. The molecule has 1 aromatic rings. The fraction of sp³-hybridized carbons (Fsp3) is 0.625. The van der Waals surface area contributed by atoms with E-state index in [0.717, 1.165) is 50.1 Å². The first kappa shape index (κ1) is 16.1. The summed E-state index contributed by atoms with van der Waals surface area (Å²) in [6.45, 7) is 6.54. The molecular weight excluding hydrogens is 277 g/mol. The molecule has 0 amide bonds. The Hall–Kier alpha value is -1.23. The maximum atomic E-state index is 12.9. The first-order chi connectivity index (χ1) is 9.91. The highest BCUT2D eigenvalue weighted by molar-refractivity contribution is 5.55. The predicted octanol–water partition coefficient (Wildman–Crippen LogP) is 3.98. The number of halogens is 3. The Balaban J connectivity index is 2.22. The number of nitrogens with zero attached hydrogens (tertiary/aromatic N) is 1. The van der Waals surface area contributed by atoms with Crippen LogP contribution in [0, 0.1) is 6.92 Å². The molecule has 1 fully saturated rings. The molecule has 1 aliphatic heterocycles. The molecule has 0 aromatic heterocycles. The Morgan fingerprint density at radius 3 is 2.71 bits per heavy atom. The normalized spacial score (nSPS) is 21.0. The van der Waals surface area contributed by atoms with Crippen LogP contribution in [0.3, 0.4) is 0 Å². The fourth-order valence-corrected chi connectivity index (χ4v) is 2.82. The monoisotopic (exact) mass is 300 g/mol. The lowest BCUT2D eigenvalue weighted by atomic mass is 10.1. The zero-order chi connectivity index (χ0) is 15.5. The lowest BCUT2D eigenvalue weighted by molar-refractivity contribution is -0.137. The summed E-state index contributed by atoms with van der Waals surface area (Å²) in [6.07, 6.45) is -1.31. The third-order valence-corrected chi connectivity index (χ3v) is 4.16. The van der Waals surface area contributed by atoms with Crippen LogP contribution in [0.25, 0.3) is 0 Å². The molecular formula is C16H23F3N2. The maximum Gasteiger partial charge on any atom is 0.416 e. The SMILES string of the molecule is CCC1CCN(c2cc(C(F)(F)F)ccc2C)CCCN1. The molecule has 1 saturated heterocycles. The second kappa shape index (κ2) is 6.69. The molecule has 0 radical (unpaired) electrons. The van der Waals surface area contributed by atoms with Gasteiger partial charge in [0, 0.05) is 24.8 Å². The zero-order valence-electron chi connectivity index (χ0n) is 12.6. The number of benzene rings is 1. The Labute approximate surface area is 124 Å². The van der Waals surface area contributed by atoms with E-state index in [1.807, 2.05) is 6.92 Å². The van der Waals surface area contributed by atoms with Crippen LogP contribution in [0.5, 0.6) is 0 Å². The van der Waals surface area contributed by atoms with Crippen molar-refractivity contribution in [3.8, 4) is 0 Å². The average Bonchev–Trinajstić information content (AvgIpc) is 2.39. The molecule has 0 bridgehead atoms.